The number of carbonyl (C=O) groups excluding carboxylic acids is 1. The number of likely N-dealkylation sites (N-methyl/N-ethyl adjacent to an activating group) is 1. The normalized spacial score (nSPS) is 14.2. The lowest BCUT2D eigenvalue weighted by Gasteiger charge is -2.40. The van der Waals surface area contributed by atoms with Gasteiger partial charge in [-0.25, -0.2) is 4.39 Å². The molecule has 0 aromatic heterocycles. The molecule has 3 N–H and O–H groups in total. The minimum Gasteiger partial charge on any atom is -0.496 e. The number of anilines is 3. The lowest BCUT2D eigenvalue weighted by molar-refractivity contribution is -0.121. The van der Waals surface area contributed by atoms with Gasteiger partial charge in [-0.1, -0.05) is 19.1 Å². The number of hydrogen-bond acceptors (Lipinski definition) is 8. The molecule has 1 aliphatic heterocycles. The number of amides is 1. The summed E-state index contributed by atoms with van der Waals surface area (Å²) in [4.78, 5) is 14.9. The Balaban J connectivity index is 1.72. The first kappa shape index (κ1) is 32.1. The van der Waals surface area contributed by atoms with Crippen LogP contribution >= 0.6 is 0 Å². The van der Waals surface area contributed by atoms with Crippen LogP contribution in [0.25, 0.3) is 11.1 Å². The zero-order valence-corrected chi connectivity index (χ0v) is 26.5. The maximum Gasteiger partial charge on any atom is 0.309 e. The Labute approximate surface area is 253 Å². The highest BCUT2D eigenvalue weighted by atomic mass is 32.2. The van der Waals surface area contributed by atoms with E-state index in [0.29, 0.717) is 35.7 Å². The molecule has 11 heteroatoms. The predicted octanol–water partition coefficient (Wildman–Crippen LogP) is 5.69. The lowest BCUT2D eigenvalue weighted by atomic mass is 9.91. The number of halogens is 1. The third-order valence-electron chi connectivity index (χ3n) is 7.42. The van der Waals surface area contributed by atoms with Gasteiger partial charge in [-0.3, -0.25) is 4.79 Å². The molecule has 0 unspecified atom stereocenters. The van der Waals surface area contributed by atoms with Crippen molar-refractivity contribution in [3.8, 4) is 22.6 Å². The first-order valence-corrected chi connectivity index (χ1v) is 16.0. The average Bonchev–Trinajstić information content (AvgIpc) is 2.95. The van der Waals surface area contributed by atoms with Gasteiger partial charge >= 0.3 is 10.1 Å². The van der Waals surface area contributed by atoms with Crippen LogP contribution in [0, 0.1) is 12.7 Å². The van der Waals surface area contributed by atoms with Crippen LogP contribution in [0.5, 0.6) is 11.5 Å². The zero-order valence-electron chi connectivity index (χ0n) is 25.6. The Bertz CT molecular complexity index is 1590. The van der Waals surface area contributed by atoms with Crippen molar-refractivity contribution in [1.82, 2.24) is 5.32 Å². The fourth-order valence-corrected chi connectivity index (χ4v) is 6.22. The fourth-order valence-electron chi connectivity index (χ4n) is 5.24. The SMILES string of the molecule is CCCNCCCS(=O)(=O)Oc1ccc(-c2ccc3c(c2CNc2cc(F)ccc2C)N(C)C(=O)C(C)(C)N3)c(OC)c1. The summed E-state index contributed by atoms with van der Waals surface area (Å²) < 4.78 is 50.4. The first-order chi connectivity index (χ1) is 20.4. The molecule has 4 rings (SSSR count). The first-order valence-electron chi connectivity index (χ1n) is 14.4. The summed E-state index contributed by atoms with van der Waals surface area (Å²) in [5.41, 5.74) is 4.38. The van der Waals surface area contributed by atoms with Gasteiger partial charge in [-0.2, -0.15) is 8.42 Å². The van der Waals surface area contributed by atoms with Crippen LogP contribution in [0.15, 0.2) is 48.5 Å². The molecule has 9 nitrogen and oxygen atoms in total. The van der Waals surface area contributed by atoms with Gasteiger partial charge in [0, 0.05) is 36.5 Å². The van der Waals surface area contributed by atoms with Gasteiger partial charge in [0.15, 0.2) is 0 Å². The summed E-state index contributed by atoms with van der Waals surface area (Å²) in [5, 5.41) is 9.87. The largest absolute Gasteiger partial charge is 0.496 e. The Morgan fingerprint density at radius 1 is 1.05 bits per heavy atom. The third-order valence-corrected chi connectivity index (χ3v) is 8.66. The van der Waals surface area contributed by atoms with Gasteiger partial charge < -0.3 is 29.8 Å². The number of nitrogens with zero attached hydrogens (tertiary/aromatic N) is 1. The topological polar surface area (TPSA) is 109 Å². The lowest BCUT2D eigenvalue weighted by Crippen LogP contribution is -2.52. The molecule has 0 bridgehead atoms. The monoisotopic (exact) mass is 612 g/mol. The minimum absolute atomic E-state index is 0.105. The van der Waals surface area contributed by atoms with Crippen LogP contribution in [0.2, 0.25) is 0 Å². The van der Waals surface area contributed by atoms with Crippen molar-refractivity contribution in [3.05, 3.63) is 65.5 Å². The van der Waals surface area contributed by atoms with Crippen molar-refractivity contribution in [2.45, 2.75) is 52.6 Å². The number of hydrogen-bond donors (Lipinski definition) is 3. The number of carbonyl (C=O) groups is 1. The quantitative estimate of drug-likeness (QED) is 0.167. The number of rotatable bonds is 13. The highest BCUT2D eigenvalue weighted by Gasteiger charge is 2.38. The van der Waals surface area contributed by atoms with E-state index in [1.165, 1.54) is 19.2 Å². The second-order valence-electron chi connectivity index (χ2n) is 11.2. The molecule has 0 radical (unpaired) electrons. The number of aryl methyl sites for hydroxylation is 1. The van der Waals surface area contributed by atoms with E-state index < -0.39 is 15.7 Å². The summed E-state index contributed by atoms with van der Waals surface area (Å²) in [6.45, 7) is 9.28. The van der Waals surface area contributed by atoms with Crippen molar-refractivity contribution in [1.29, 1.82) is 0 Å². The average molecular weight is 613 g/mol. The van der Waals surface area contributed by atoms with Crippen molar-refractivity contribution >= 4 is 33.1 Å². The summed E-state index contributed by atoms with van der Waals surface area (Å²) in [5.74, 6) is -0.0310. The predicted molar refractivity (Wildman–Crippen MR) is 170 cm³/mol. The second-order valence-corrected chi connectivity index (χ2v) is 12.9. The summed E-state index contributed by atoms with van der Waals surface area (Å²) in [6, 6.07) is 13.3. The highest BCUT2D eigenvalue weighted by molar-refractivity contribution is 7.87. The van der Waals surface area contributed by atoms with Gasteiger partial charge in [-0.05, 0) is 88.2 Å². The van der Waals surface area contributed by atoms with Crippen LogP contribution in [-0.4, -0.2) is 52.9 Å². The summed E-state index contributed by atoms with van der Waals surface area (Å²) >= 11 is 0. The molecule has 0 atom stereocenters. The van der Waals surface area contributed by atoms with Crippen LogP contribution in [-0.2, 0) is 21.5 Å². The molecule has 0 fully saturated rings. The number of ether oxygens (including phenoxy) is 1. The summed E-state index contributed by atoms with van der Waals surface area (Å²) in [6.07, 6.45) is 1.41. The molecule has 1 heterocycles. The van der Waals surface area contributed by atoms with Crippen LogP contribution < -0.4 is 29.8 Å². The minimum atomic E-state index is -3.80. The maximum absolute atomic E-state index is 14.1. The molecule has 43 heavy (non-hydrogen) atoms. The number of benzene rings is 3. The second kappa shape index (κ2) is 13.2. The van der Waals surface area contributed by atoms with Gasteiger partial charge in [0.25, 0.3) is 5.91 Å². The molecule has 1 amide bonds. The van der Waals surface area contributed by atoms with E-state index in [1.807, 2.05) is 39.8 Å². The molecule has 0 saturated carbocycles. The van der Waals surface area contributed by atoms with Crippen molar-refractivity contribution in [3.63, 3.8) is 0 Å². The van der Waals surface area contributed by atoms with E-state index in [2.05, 4.69) is 16.0 Å². The Morgan fingerprint density at radius 3 is 2.51 bits per heavy atom. The number of nitrogens with one attached hydrogen (secondary N) is 3. The van der Waals surface area contributed by atoms with E-state index in [0.717, 1.165) is 35.3 Å². The summed E-state index contributed by atoms with van der Waals surface area (Å²) in [7, 11) is -0.564. The molecule has 232 valence electrons. The maximum atomic E-state index is 14.1. The van der Waals surface area contributed by atoms with Gasteiger partial charge in [0.1, 0.15) is 22.9 Å². The van der Waals surface area contributed by atoms with Crippen LogP contribution in [0.3, 0.4) is 0 Å². The van der Waals surface area contributed by atoms with Gasteiger partial charge in [0.2, 0.25) is 0 Å². The molecular formula is C32H41FN4O5S. The van der Waals surface area contributed by atoms with E-state index in [4.69, 9.17) is 8.92 Å². The highest BCUT2D eigenvalue weighted by Crippen LogP contribution is 2.45. The molecular weight excluding hydrogens is 571 g/mol. The molecule has 0 saturated heterocycles. The fraction of sp³-hybridized carbons (Fsp3) is 0.406. The molecule has 3 aromatic rings. The van der Waals surface area contributed by atoms with Crippen LogP contribution in [0.1, 0.15) is 44.7 Å². The van der Waals surface area contributed by atoms with Crippen molar-refractivity contribution < 1.29 is 26.5 Å². The number of methoxy groups -OCH3 is 1. The molecule has 1 aliphatic rings. The van der Waals surface area contributed by atoms with Gasteiger partial charge in [0.05, 0.1) is 24.2 Å². The molecule has 0 spiro atoms. The third kappa shape index (κ3) is 7.40. The van der Waals surface area contributed by atoms with Gasteiger partial charge in [-0.15, -0.1) is 0 Å². The van der Waals surface area contributed by atoms with E-state index in [9.17, 15) is 17.6 Å². The van der Waals surface area contributed by atoms with Crippen LogP contribution in [0.4, 0.5) is 21.5 Å². The van der Waals surface area contributed by atoms with E-state index >= 15 is 0 Å². The van der Waals surface area contributed by atoms with E-state index in [1.54, 1.807) is 36.2 Å². The molecule has 3 aromatic carbocycles. The Kier molecular flexibility index (Phi) is 9.86. The van der Waals surface area contributed by atoms with Crippen molar-refractivity contribution in [2.24, 2.45) is 0 Å². The molecule has 0 aliphatic carbocycles. The standard InChI is InChI=1S/C32H41FN4O5S/c1-7-15-34-16-8-17-43(39,40)42-23-11-12-25(29(19-23)41-6)24-13-14-27-30(37(5)31(38)32(3,4)36-27)26(24)20-35-28-18-22(33)10-9-21(28)2/h9-14,18-19,34-36H,7-8,15-17,20H2,1-6H3. The zero-order chi connectivity index (χ0) is 31.4. The van der Waals surface area contributed by atoms with E-state index in [-0.39, 0.29) is 29.8 Å². The smallest absolute Gasteiger partial charge is 0.309 e. The van der Waals surface area contributed by atoms with Crippen molar-refractivity contribution in [2.75, 3.05) is 48.5 Å². The Morgan fingerprint density at radius 2 is 1.79 bits per heavy atom. The Hall–Kier alpha value is -3.83. The number of fused-ring (bicyclic) bond motifs is 1.